The molecule has 5 heteroatoms. The monoisotopic (exact) mass is 222 g/mol. The first kappa shape index (κ1) is 10.3. The lowest BCUT2D eigenvalue weighted by Gasteiger charge is -2.10. The molecule has 0 bridgehead atoms. The summed E-state index contributed by atoms with van der Waals surface area (Å²) < 4.78 is 0. The van der Waals surface area contributed by atoms with E-state index < -0.39 is 0 Å². The molecule has 0 fully saturated rings. The highest BCUT2D eigenvalue weighted by Crippen LogP contribution is 2.16. The number of nitrogens with zero attached hydrogens (tertiary/aromatic N) is 2. The van der Waals surface area contributed by atoms with Crippen LogP contribution in [0.4, 0.5) is 0 Å². The molecule has 2 N–H and O–H groups in total. The van der Waals surface area contributed by atoms with Crippen LogP contribution in [0.1, 0.15) is 29.2 Å². The van der Waals surface area contributed by atoms with Gasteiger partial charge in [-0.2, -0.15) is 5.10 Å². The van der Waals surface area contributed by atoms with E-state index in [1.165, 1.54) is 16.8 Å². The summed E-state index contributed by atoms with van der Waals surface area (Å²) in [5.41, 5.74) is 1.34. The summed E-state index contributed by atoms with van der Waals surface area (Å²) in [5.74, 6) is 0.879. The molecule has 4 nitrogen and oxygen atoms in total. The number of rotatable bonds is 4. The van der Waals surface area contributed by atoms with Crippen molar-refractivity contribution in [2.24, 2.45) is 0 Å². The van der Waals surface area contributed by atoms with Gasteiger partial charge in [0.25, 0.3) is 0 Å². The number of aromatic amines is 1. The maximum atomic E-state index is 4.11. The van der Waals surface area contributed by atoms with Gasteiger partial charge in [0, 0.05) is 11.4 Å². The number of aromatic nitrogens is 3. The third-order valence-electron chi connectivity index (χ3n) is 2.38. The van der Waals surface area contributed by atoms with Crippen LogP contribution in [-0.2, 0) is 6.54 Å². The van der Waals surface area contributed by atoms with E-state index in [4.69, 9.17) is 0 Å². The Morgan fingerprint density at radius 3 is 3.07 bits per heavy atom. The Labute approximate surface area is 92.8 Å². The van der Waals surface area contributed by atoms with Gasteiger partial charge in [0.2, 0.25) is 0 Å². The summed E-state index contributed by atoms with van der Waals surface area (Å²) in [7, 11) is 0. The van der Waals surface area contributed by atoms with E-state index in [1.807, 2.05) is 0 Å². The predicted molar refractivity (Wildman–Crippen MR) is 60.7 cm³/mol. The fourth-order valence-electron chi connectivity index (χ4n) is 1.35. The van der Waals surface area contributed by atoms with E-state index in [-0.39, 0.29) is 6.04 Å². The molecule has 0 aromatic carbocycles. The Morgan fingerprint density at radius 1 is 1.60 bits per heavy atom. The molecule has 1 atom stereocenters. The van der Waals surface area contributed by atoms with Crippen molar-refractivity contribution >= 4 is 11.3 Å². The summed E-state index contributed by atoms with van der Waals surface area (Å²) in [6, 6.07) is 2.34. The molecule has 0 amide bonds. The Morgan fingerprint density at radius 2 is 2.47 bits per heavy atom. The molecule has 15 heavy (non-hydrogen) atoms. The standard InChI is InChI=1S/C10H14N4S/c1-7-3-4-15-9(7)5-11-8(2)10-12-6-13-14-10/h3-4,6,8,11H,5H2,1-2H3,(H,12,13,14). The van der Waals surface area contributed by atoms with Crippen LogP contribution in [0, 0.1) is 6.92 Å². The lowest BCUT2D eigenvalue weighted by molar-refractivity contribution is 0.550. The highest BCUT2D eigenvalue weighted by molar-refractivity contribution is 7.10. The van der Waals surface area contributed by atoms with Crippen molar-refractivity contribution in [3.63, 3.8) is 0 Å². The second-order valence-electron chi connectivity index (χ2n) is 3.50. The first-order valence-corrected chi connectivity index (χ1v) is 5.77. The van der Waals surface area contributed by atoms with Crippen molar-refractivity contribution in [3.05, 3.63) is 34.0 Å². The highest BCUT2D eigenvalue weighted by Gasteiger charge is 2.08. The lowest BCUT2D eigenvalue weighted by Crippen LogP contribution is -2.19. The SMILES string of the molecule is Cc1ccsc1CNC(C)c1ncn[nH]1. The Bertz CT molecular complexity index is 407. The summed E-state index contributed by atoms with van der Waals surface area (Å²) in [5, 5.41) is 12.2. The molecule has 0 aliphatic heterocycles. The van der Waals surface area contributed by atoms with Gasteiger partial charge in [-0.25, -0.2) is 4.98 Å². The maximum Gasteiger partial charge on any atom is 0.141 e. The maximum absolute atomic E-state index is 4.11. The second-order valence-corrected chi connectivity index (χ2v) is 4.50. The number of thiophene rings is 1. The van der Waals surface area contributed by atoms with Crippen molar-refractivity contribution in [1.82, 2.24) is 20.5 Å². The summed E-state index contributed by atoms with van der Waals surface area (Å²) in [4.78, 5) is 5.49. The molecule has 2 heterocycles. The molecular weight excluding hydrogens is 208 g/mol. The molecule has 2 aromatic heterocycles. The van der Waals surface area contributed by atoms with Crippen molar-refractivity contribution < 1.29 is 0 Å². The molecule has 0 radical (unpaired) electrons. The van der Waals surface area contributed by atoms with Gasteiger partial charge in [-0.3, -0.25) is 5.10 Å². The van der Waals surface area contributed by atoms with Gasteiger partial charge >= 0.3 is 0 Å². The predicted octanol–water partition coefficient (Wildman–Crippen LogP) is 2.03. The van der Waals surface area contributed by atoms with E-state index in [0.29, 0.717) is 0 Å². The zero-order chi connectivity index (χ0) is 10.7. The van der Waals surface area contributed by atoms with Gasteiger partial charge in [-0.15, -0.1) is 11.3 Å². The van der Waals surface area contributed by atoms with Crippen molar-refractivity contribution in [2.75, 3.05) is 0 Å². The van der Waals surface area contributed by atoms with E-state index in [1.54, 1.807) is 11.3 Å². The average molecular weight is 222 g/mol. The Hall–Kier alpha value is -1.20. The third-order valence-corrected chi connectivity index (χ3v) is 3.40. The quantitative estimate of drug-likeness (QED) is 0.832. The van der Waals surface area contributed by atoms with Gasteiger partial charge in [-0.05, 0) is 30.9 Å². The van der Waals surface area contributed by atoms with Gasteiger partial charge in [0.1, 0.15) is 12.2 Å². The van der Waals surface area contributed by atoms with Crippen molar-refractivity contribution in [3.8, 4) is 0 Å². The minimum atomic E-state index is 0.203. The van der Waals surface area contributed by atoms with E-state index in [0.717, 1.165) is 12.4 Å². The van der Waals surface area contributed by atoms with Crippen LogP contribution in [0.5, 0.6) is 0 Å². The molecule has 2 rings (SSSR count). The number of H-pyrrole nitrogens is 1. The smallest absolute Gasteiger partial charge is 0.141 e. The summed E-state index contributed by atoms with van der Waals surface area (Å²) in [6.45, 7) is 5.08. The van der Waals surface area contributed by atoms with Gasteiger partial charge in [-0.1, -0.05) is 0 Å². The van der Waals surface area contributed by atoms with Crippen LogP contribution >= 0.6 is 11.3 Å². The van der Waals surface area contributed by atoms with Crippen LogP contribution in [0.2, 0.25) is 0 Å². The molecule has 2 aromatic rings. The number of nitrogens with one attached hydrogen (secondary N) is 2. The molecule has 0 saturated heterocycles. The van der Waals surface area contributed by atoms with Gasteiger partial charge in [0.05, 0.1) is 6.04 Å². The minimum Gasteiger partial charge on any atom is -0.303 e. The molecule has 0 aliphatic carbocycles. The van der Waals surface area contributed by atoms with Gasteiger partial charge in [0.15, 0.2) is 0 Å². The molecule has 0 saturated carbocycles. The van der Waals surface area contributed by atoms with Crippen LogP contribution in [-0.4, -0.2) is 15.2 Å². The van der Waals surface area contributed by atoms with E-state index >= 15 is 0 Å². The van der Waals surface area contributed by atoms with Gasteiger partial charge < -0.3 is 5.32 Å². The Kier molecular flexibility index (Phi) is 3.13. The largest absolute Gasteiger partial charge is 0.303 e. The molecule has 0 aliphatic rings. The van der Waals surface area contributed by atoms with Crippen LogP contribution in [0.25, 0.3) is 0 Å². The normalized spacial score (nSPS) is 12.9. The van der Waals surface area contributed by atoms with Crippen molar-refractivity contribution in [2.45, 2.75) is 26.4 Å². The summed E-state index contributed by atoms with van der Waals surface area (Å²) in [6.07, 6.45) is 1.53. The minimum absolute atomic E-state index is 0.203. The molecule has 0 spiro atoms. The molecular formula is C10H14N4S. The van der Waals surface area contributed by atoms with Crippen molar-refractivity contribution in [1.29, 1.82) is 0 Å². The highest BCUT2D eigenvalue weighted by atomic mass is 32.1. The third kappa shape index (κ3) is 2.43. The van der Waals surface area contributed by atoms with Crippen LogP contribution in [0.3, 0.4) is 0 Å². The lowest BCUT2D eigenvalue weighted by atomic mass is 10.2. The average Bonchev–Trinajstić information content (AvgIpc) is 2.85. The fraction of sp³-hybridized carbons (Fsp3) is 0.400. The van der Waals surface area contributed by atoms with E-state index in [9.17, 15) is 0 Å². The zero-order valence-electron chi connectivity index (χ0n) is 8.82. The number of hydrogen-bond donors (Lipinski definition) is 2. The summed E-state index contributed by atoms with van der Waals surface area (Å²) >= 11 is 1.78. The number of aryl methyl sites for hydroxylation is 1. The van der Waals surface area contributed by atoms with E-state index in [2.05, 4.69) is 45.8 Å². The zero-order valence-corrected chi connectivity index (χ0v) is 9.64. The second kappa shape index (κ2) is 4.55. The van der Waals surface area contributed by atoms with Crippen LogP contribution < -0.4 is 5.32 Å². The molecule has 1 unspecified atom stereocenters. The Balaban J connectivity index is 1.91. The first-order chi connectivity index (χ1) is 7.27. The topological polar surface area (TPSA) is 53.6 Å². The fourth-order valence-corrected chi connectivity index (χ4v) is 2.21. The molecule has 80 valence electrons. The van der Waals surface area contributed by atoms with Crippen LogP contribution in [0.15, 0.2) is 17.8 Å². The first-order valence-electron chi connectivity index (χ1n) is 4.89. The number of hydrogen-bond acceptors (Lipinski definition) is 4.